The predicted octanol–water partition coefficient (Wildman–Crippen LogP) is 5.01. The molecule has 3 aliphatic heterocycles. The Morgan fingerprint density at radius 3 is 2.25 bits per heavy atom. The fourth-order valence-electron chi connectivity index (χ4n) is 9.09. The van der Waals surface area contributed by atoms with E-state index in [0.717, 1.165) is 38.5 Å². The molecule has 0 radical (unpaired) electrons. The Balaban J connectivity index is 1.08. The van der Waals surface area contributed by atoms with Crippen LogP contribution in [0.3, 0.4) is 0 Å². The zero-order valence-corrected chi connectivity index (χ0v) is 37.6. The van der Waals surface area contributed by atoms with Crippen LogP contribution < -0.4 is 15.4 Å². The van der Waals surface area contributed by atoms with Crippen LogP contribution in [-0.4, -0.2) is 148 Å². The summed E-state index contributed by atoms with van der Waals surface area (Å²) in [5.41, 5.74) is 5.33. The summed E-state index contributed by atoms with van der Waals surface area (Å²) in [6, 6.07) is 11.5. The minimum atomic E-state index is -0.955. The van der Waals surface area contributed by atoms with Gasteiger partial charge in [-0.25, -0.2) is 14.6 Å². The molecule has 7 rings (SSSR count). The van der Waals surface area contributed by atoms with E-state index < -0.39 is 36.5 Å². The fraction of sp³-hybridized carbons (Fsp3) is 0.500. The molecule has 1 aromatic heterocycles. The van der Waals surface area contributed by atoms with E-state index in [1.807, 2.05) is 36.4 Å². The van der Waals surface area contributed by atoms with E-state index in [9.17, 15) is 19.2 Å². The van der Waals surface area contributed by atoms with Gasteiger partial charge in [0.25, 0.3) is 0 Å². The average Bonchev–Trinajstić information content (AvgIpc) is 4.04. The molecule has 342 valence electrons. The second-order valence-corrected chi connectivity index (χ2v) is 16.9. The molecule has 0 bridgehead atoms. The number of nitrogens with one attached hydrogen (secondary N) is 4. The highest BCUT2D eigenvalue weighted by Crippen LogP contribution is 2.43. The summed E-state index contributed by atoms with van der Waals surface area (Å²) in [7, 11) is 7.09. The van der Waals surface area contributed by atoms with Crippen molar-refractivity contribution < 1.29 is 47.6 Å². The third-order valence-corrected chi connectivity index (χ3v) is 12.6. The van der Waals surface area contributed by atoms with Crippen molar-refractivity contribution >= 4 is 57.7 Å². The molecule has 0 spiro atoms. The summed E-state index contributed by atoms with van der Waals surface area (Å²) < 4.78 is 32.2. The fourth-order valence-corrected chi connectivity index (χ4v) is 9.09. The number of hydrogen-bond donors (Lipinski definition) is 4. The van der Waals surface area contributed by atoms with Gasteiger partial charge in [-0.15, -0.1) is 0 Å². The normalized spacial score (nSPS) is 21.2. The number of amides is 4. The Bertz CT molecular complexity index is 2440. The monoisotopic (exact) mass is 882 g/mol. The van der Waals surface area contributed by atoms with Gasteiger partial charge in [-0.05, 0) is 73.4 Å². The lowest BCUT2D eigenvalue weighted by Gasteiger charge is -2.30. The van der Waals surface area contributed by atoms with Gasteiger partial charge in [0.15, 0.2) is 0 Å². The summed E-state index contributed by atoms with van der Waals surface area (Å²) in [4.78, 5) is 68.7. The third-order valence-electron chi connectivity index (χ3n) is 12.6. The van der Waals surface area contributed by atoms with Crippen LogP contribution in [-0.2, 0) is 39.9 Å². The number of ether oxygens (including phenoxy) is 6. The van der Waals surface area contributed by atoms with E-state index in [0.29, 0.717) is 56.3 Å². The number of H-pyrrole nitrogens is 1. The molecular weight excluding hydrogens is 825 g/mol. The van der Waals surface area contributed by atoms with Crippen LogP contribution in [0.5, 0.6) is 5.75 Å². The highest BCUT2D eigenvalue weighted by molar-refractivity contribution is 6.36. The molecule has 4 amide bonds. The van der Waals surface area contributed by atoms with Crippen LogP contribution >= 0.6 is 0 Å². The number of carbonyl (C=O) groups is 4. The maximum atomic E-state index is 14.0. The van der Waals surface area contributed by atoms with Crippen molar-refractivity contribution in [2.45, 2.75) is 76.6 Å². The lowest BCUT2D eigenvalue weighted by molar-refractivity contribution is -0.138. The molecule has 0 unspecified atom stereocenters. The Morgan fingerprint density at radius 2 is 1.59 bits per heavy atom. The van der Waals surface area contributed by atoms with Crippen LogP contribution in [0.25, 0.3) is 32.9 Å². The molecule has 0 aliphatic carbocycles. The Hall–Kier alpha value is -6.11. The molecule has 64 heavy (non-hydrogen) atoms. The molecule has 4 heterocycles. The minimum absolute atomic E-state index is 0.0839. The standard InChI is InChI=1S/C46H58N8O10/c1-24-13-37(54(20-24)44(56)40(26(3)61-6)52-46(58)63-8)42-49-36-12-10-28-16-34-32-11-9-29(15-30(32)23-64-38(34)17-33(28)41(36)50-42)35(47)19-48-18-31-14-27(22-59-4)21-53(31)43(55)39(25(2)60-5)51-45(57)62-7/h9-12,15-17,19,24-27,31,37,39-40,47H,13-14,18,20-23H2,1-8H3,(H,49,50)(H,51,57)(H,52,58)/t24-,25+,26+,27-,31-,37-,39-,40-/m0/s1. The van der Waals surface area contributed by atoms with Gasteiger partial charge in [-0.1, -0.05) is 25.1 Å². The maximum absolute atomic E-state index is 14.0. The van der Waals surface area contributed by atoms with Gasteiger partial charge in [0, 0.05) is 63.1 Å². The molecule has 3 aromatic carbocycles. The molecule has 18 nitrogen and oxygen atoms in total. The molecule has 8 atom stereocenters. The topological polar surface area (TPSA) is 219 Å². The van der Waals surface area contributed by atoms with Crippen LogP contribution in [0.4, 0.5) is 9.59 Å². The van der Waals surface area contributed by atoms with Crippen molar-refractivity contribution in [1.29, 1.82) is 5.41 Å². The number of hydrogen-bond acceptors (Lipinski definition) is 13. The second kappa shape index (κ2) is 19.7. The highest BCUT2D eigenvalue weighted by Gasteiger charge is 2.42. The van der Waals surface area contributed by atoms with Crippen LogP contribution in [0.15, 0.2) is 47.5 Å². The van der Waals surface area contributed by atoms with Crippen LogP contribution in [0, 0.1) is 17.2 Å². The first-order valence-electron chi connectivity index (χ1n) is 21.4. The molecule has 0 saturated carbocycles. The third kappa shape index (κ3) is 9.39. The number of carbonyl (C=O) groups excluding carboxylic acids is 4. The van der Waals surface area contributed by atoms with Gasteiger partial charge in [0.2, 0.25) is 11.8 Å². The summed E-state index contributed by atoms with van der Waals surface area (Å²) in [6.07, 6.45) is 0.226. The lowest BCUT2D eigenvalue weighted by Crippen LogP contribution is -2.55. The van der Waals surface area contributed by atoms with Gasteiger partial charge in [-0.2, -0.15) is 0 Å². The van der Waals surface area contributed by atoms with Gasteiger partial charge in [0.05, 0.1) is 68.4 Å². The van der Waals surface area contributed by atoms with E-state index in [2.05, 4.69) is 33.6 Å². The van der Waals surface area contributed by atoms with Gasteiger partial charge < -0.3 is 53.8 Å². The van der Waals surface area contributed by atoms with E-state index in [-0.39, 0.29) is 48.0 Å². The number of rotatable bonds is 15. The van der Waals surface area contributed by atoms with Gasteiger partial charge in [-0.3, -0.25) is 20.0 Å². The number of nitrogens with zero attached hydrogens (tertiary/aromatic N) is 4. The number of aromatic nitrogens is 2. The Kier molecular flexibility index (Phi) is 14.2. The number of alkyl carbamates (subject to hydrolysis) is 2. The van der Waals surface area contributed by atoms with E-state index in [1.54, 1.807) is 30.8 Å². The number of benzene rings is 3. The van der Waals surface area contributed by atoms with Crippen molar-refractivity contribution in [1.82, 2.24) is 30.4 Å². The summed E-state index contributed by atoms with van der Waals surface area (Å²) in [5, 5.41) is 16.0. The zero-order valence-electron chi connectivity index (χ0n) is 37.6. The predicted molar refractivity (Wildman–Crippen MR) is 239 cm³/mol. The SMILES string of the molecule is COC[C@H]1C[C@@H](CN=CC(=N)c2ccc3c(c2)COc2cc4c(ccc5[nH]c([C@@H]6C[C@H](C)CN6C(=O)[C@@H](NC(=O)OC)[C@@H](C)OC)nc54)cc2-3)N(C(=O)[C@@H](NC(=O)OC)[C@@H](C)OC)C1. The number of likely N-dealkylation sites (tertiary alicyclic amines) is 2. The first kappa shape index (κ1) is 45.9. The number of imidazole rings is 1. The number of aromatic amines is 1. The van der Waals surface area contributed by atoms with E-state index in [4.69, 9.17) is 38.8 Å². The molecule has 2 fully saturated rings. The molecule has 4 aromatic rings. The minimum Gasteiger partial charge on any atom is -0.488 e. The molecule has 4 N–H and O–H groups in total. The zero-order chi connectivity index (χ0) is 45.8. The second-order valence-electron chi connectivity index (χ2n) is 16.9. The van der Waals surface area contributed by atoms with E-state index >= 15 is 0 Å². The number of aliphatic imine (C=N–C) groups is 1. The van der Waals surface area contributed by atoms with Crippen LogP contribution in [0.2, 0.25) is 0 Å². The van der Waals surface area contributed by atoms with Gasteiger partial charge >= 0.3 is 12.2 Å². The summed E-state index contributed by atoms with van der Waals surface area (Å²) in [5.74, 6) is 1.08. The van der Waals surface area contributed by atoms with Crippen molar-refractivity contribution in [2.24, 2.45) is 16.8 Å². The summed E-state index contributed by atoms with van der Waals surface area (Å²) >= 11 is 0. The Morgan fingerprint density at radius 1 is 0.906 bits per heavy atom. The maximum Gasteiger partial charge on any atom is 0.407 e. The summed E-state index contributed by atoms with van der Waals surface area (Å²) in [6.45, 7) is 7.49. The highest BCUT2D eigenvalue weighted by atomic mass is 16.5. The molecule has 18 heteroatoms. The smallest absolute Gasteiger partial charge is 0.407 e. The average molecular weight is 883 g/mol. The number of methoxy groups -OCH3 is 5. The Labute approximate surface area is 371 Å². The van der Waals surface area contributed by atoms with Crippen molar-refractivity contribution in [3.05, 3.63) is 59.4 Å². The first-order valence-corrected chi connectivity index (χ1v) is 21.4. The number of fused-ring (bicyclic) bond motifs is 6. The van der Waals surface area contributed by atoms with E-state index in [1.165, 1.54) is 34.7 Å². The molecule has 3 aliphatic rings. The molecular formula is C46H58N8O10. The van der Waals surface area contributed by atoms with Crippen molar-refractivity contribution in [2.75, 3.05) is 61.8 Å². The first-order chi connectivity index (χ1) is 30.8. The largest absolute Gasteiger partial charge is 0.488 e. The van der Waals surface area contributed by atoms with Crippen molar-refractivity contribution in [3.8, 4) is 16.9 Å². The molecule has 2 saturated heterocycles. The van der Waals surface area contributed by atoms with Crippen LogP contribution in [0.1, 0.15) is 56.6 Å². The quantitative estimate of drug-likeness (QED) is 0.116. The van der Waals surface area contributed by atoms with Crippen molar-refractivity contribution in [3.63, 3.8) is 0 Å². The lowest BCUT2D eigenvalue weighted by atomic mass is 9.92. The van der Waals surface area contributed by atoms with Gasteiger partial charge in [0.1, 0.15) is 30.3 Å².